The Kier molecular flexibility index (Phi) is 6.19. The molecule has 5 nitrogen and oxygen atoms in total. The quantitative estimate of drug-likeness (QED) is 0.851. The summed E-state index contributed by atoms with van der Waals surface area (Å²) in [6.45, 7) is 1.23. The highest BCUT2D eigenvalue weighted by Gasteiger charge is 2.28. The second kappa shape index (κ2) is 8.56. The molecule has 1 aromatic rings. The van der Waals surface area contributed by atoms with Gasteiger partial charge in [0.25, 0.3) is 0 Å². The number of carbonyl (C=O) groups is 2. The van der Waals surface area contributed by atoms with Gasteiger partial charge in [0.15, 0.2) is 0 Å². The molecule has 0 radical (unpaired) electrons. The Labute approximate surface area is 154 Å². The number of amides is 3. The molecule has 0 spiro atoms. The molecule has 2 N–H and O–H groups in total. The van der Waals surface area contributed by atoms with E-state index in [0.717, 1.165) is 31.4 Å². The van der Waals surface area contributed by atoms with E-state index in [1.165, 1.54) is 19.3 Å². The second-order valence-electron chi connectivity index (χ2n) is 7.04. The molecule has 2 fully saturated rings. The Hall–Kier alpha value is -1.75. The van der Waals surface area contributed by atoms with E-state index in [4.69, 9.17) is 11.6 Å². The molecule has 136 valence electrons. The molecule has 1 saturated carbocycles. The smallest absolute Gasteiger partial charge is 0.321 e. The maximum absolute atomic E-state index is 12.4. The lowest BCUT2D eigenvalue weighted by atomic mass is 9.92. The molecule has 6 heteroatoms. The number of hydrogen-bond acceptors (Lipinski definition) is 2. The number of nitrogens with zero attached hydrogens (tertiary/aromatic N) is 1. The Bertz CT molecular complexity index is 591. The van der Waals surface area contributed by atoms with Gasteiger partial charge >= 0.3 is 6.03 Å². The summed E-state index contributed by atoms with van der Waals surface area (Å²) in [5, 5.41) is 6.73. The van der Waals surface area contributed by atoms with Crippen molar-refractivity contribution in [3.05, 3.63) is 29.3 Å². The van der Waals surface area contributed by atoms with Gasteiger partial charge in [-0.2, -0.15) is 0 Å². The topological polar surface area (TPSA) is 61.4 Å². The molecule has 25 heavy (non-hydrogen) atoms. The fourth-order valence-corrected chi connectivity index (χ4v) is 3.77. The highest BCUT2D eigenvalue weighted by Crippen LogP contribution is 2.22. The van der Waals surface area contributed by atoms with Gasteiger partial charge in [-0.05, 0) is 49.9 Å². The van der Waals surface area contributed by atoms with Gasteiger partial charge in [0, 0.05) is 35.8 Å². The van der Waals surface area contributed by atoms with E-state index in [1.807, 2.05) is 0 Å². The van der Waals surface area contributed by atoms with Gasteiger partial charge in [0.05, 0.1) is 0 Å². The summed E-state index contributed by atoms with van der Waals surface area (Å²) in [4.78, 5) is 26.5. The Morgan fingerprint density at radius 3 is 2.24 bits per heavy atom. The number of carbonyl (C=O) groups excluding carboxylic acids is 2. The van der Waals surface area contributed by atoms with Gasteiger partial charge in [-0.15, -0.1) is 0 Å². The average Bonchev–Trinajstić information content (AvgIpc) is 2.64. The molecule has 1 heterocycles. The van der Waals surface area contributed by atoms with E-state index in [2.05, 4.69) is 10.6 Å². The molecule has 2 aliphatic rings. The van der Waals surface area contributed by atoms with Crippen molar-refractivity contribution in [2.45, 2.75) is 51.0 Å². The molecule has 1 aliphatic heterocycles. The summed E-state index contributed by atoms with van der Waals surface area (Å²) in [6, 6.07) is 7.30. The number of rotatable bonds is 3. The second-order valence-corrected chi connectivity index (χ2v) is 7.48. The van der Waals surface area contributed by atoms with E-state index in [1.54, 1.807) is 29.2 Å². The van der Waals surface area contributed by atoms with Crippen LogP contribution in [0.3, 0.4) is 0 Å². The van der Waals surface area contributed by atoms with Crippen molar-refractivity contribution in [2.75, 3.05) is 18.4 Å². The summed E-state index contributed by atoms with van der Waals surface area (Å²) in [6.07, 6.45) is 7.39. The van der Waals surface area contributed by atoms with Crippen LogP contribution in [0.2, 0.25) is 5.02 Å². The highest BCUT2D eigenvalue weighted by atomic mass is 35.5. The normalized spacial score (nSPS) is 19.5. The third-order valence-electron chi connectivity index (χ3n) is 5.20. The van der Waals surface area contributed by atoms with Gasteiger partial charge in [0.1, 0.15) is 0 Å². The van der Waals surface area contributed by atoms with Crippen LogP contribution in [0.5, 0.6) is 0 Å². The minimum absolute atomic E-state index is 0.0292. The third-order valence-corrected chi connectivity index (χ3v) is 5.45. The van der Waals surface area contributed by atoms with Crippen molar-refractivity contribution in [2.24, 2.45) is 5.92 Å². The molecule has 0 atom stereocenters. The Morgan fingerprint density at radius 1 is 0.960 bits per heavy atom. The fourth-order valence-electron chi connectivity index (χ4n) is 3.65. The van der Waals surface area contributed by atoms with Gasteiger partial charge in [-0.1, -0.05) is 30.9 Å². The number of halogens is 1. The van der Waals surface area contributed by atoms with Crippen LogP contribution >= 0.6 is 11.6 Å². The lowest BCUT2D eigenvalue weighted by Gasteiger charge is -2.32. The van der Waals surface area contributed by atoms with Crippen LogP contribution < -0.4 is 10.6 Å². The molecular formula is C19H26ClN3O2. The average molecular weight is 364 g/mol. The zero-order valence-electron chi connectivity index (χ0n) is 14.5. The molecule has 3 amide bonds. The van der Waals surface area contributed by atoms with Crippen molar-refractivity contribution in [1.29, 1.82) is 0 Å². The van der Waals surface area contributed by atoms with Crippen LogP contribution in [-0.2, 0) is 4.79 Å². The molecule has 3 rings (SSSR count). The van der Waals surface area contributed by atoms with Crippen LogP contribution in [0.15, 0.2) is 24.3 Å². The van der Waals surface area contributed by atoms with E-state index < -0.39 is 0 Å². The highest BCUT2D eigenvalue weighted by molar-refractivity contribution is 6.30. The molecule has 1 aromatic carbocycles. The number of urea groups is 1. The molecule has 1 saturated heterocycles. The monoisotopic (exact) mass is 363 g/mol. The van der Waals surface area contributed by atoms with Crippen LogP contribution in [0.25, 0.3) is 0 Å². The lowest BCUT2D eigenvalue weighted by Crippen LogP contribution is -2.46. The number of benzene rings is 1. The van der Waals surface area contributed by atoms with E-state index >= 15 is 0 Å². The minimum Gasteiger partial charge on any atom is -0.353 e. The zero-order chi connectivity index (χ0) is 17.6. The number of anilines is 1. The van der Waals surface area contributed by atoms with Crippen molar-refractivity contribution < 1.29 is 9.59 Å². The van der Waals surface area contributed by atoms with Gasteiger partial charge in [-0.25, -0.2) is 4.79 Å². The van der Waals surface area contributed by atoms with Crippen LogP contribution in [-0.4, -0.2) is 36.0 Å². The summed E-state index contributed by atoms with van der Waals surface area (Å²) >= 11 is 5.85. The van der Waals surface area contributed by atoms with Crippen molar-refractivity contribution in [1.82, 2.24) is 10.2 Å². The summed E-state index contributed by atoms with van der Waals surface area (Å²) in [7, 11) is 0. The van der Waals surface area contributed by atoms with E-state index in [9.17, 15) is 9.59 Å². The first-order valence-corrected chi connectivity index (χ1v) is 9.61. The largest absolute Gasteiger partial charge is 0.353 e. The van der Waals surface area contributed by atoms with Crippen molar-refractivity contribution >= 4 is 29.2 Å². The van der Waals surface area contributed by atoms with Crippen molar-refractivity contribution in [3.63, 3.8) is 0 Å². The maximum atomic E-state index is 12.4. The van der Waals surface area contributed by atoms with Crippen molar-refractivity contribution in [3.8, 4) is 0 Å². The number of nitrogens with one attached hydrogen (secondary N) is 2. The van der Waals surface area contributed by atoms with Gasteiger partial charge in [-0.3, -0.25) is 4.79 Å². The predicted octanol–water partition coefficient (Wildman–Crippen LogP) is 4.03. The first kappa shape index (κ1) is 18.1. The SMILES string of the molecule is O=C(NC1CCCCC1)C1CCN(C(=O)Nc2ccc(Cl)cc2)CC1. The molecular weight excluding hydrogens is 338 g/mol. The fraction of sp³-hybridized carbons (Fsp3) is 0.579. The first-order valence-electron chi connectivity index (χ1n) is 9.24. The summed E-state index contributed by atoms with van der Waals surface area (Å²) in [5.41, 5.74) is 0.728. The summed E-state index contributed by atoms with van der Waals surface area (Å²) < 4.78 is 0. The molecule has 1 aliphatic carbocycles. The van der Waals surface area contributed by atoms with Crippen LogP contribution in [0.1, 0.15) is 44.9 Å². The first-order chi connectivity index (χ1) is 12.1. The molecule has 0 unspecified atom stereocenters. The summed E-state index contributed by atoms with van der Waals surface area (Å²) in [5.74, 6) is 0.200. The van der Waals surface area contributed by atoms with E-state index in [0.29, 0.717) is 24.2 Å². The Balaban J connectivity index is 1.43. The maximum Gasteiger partial charge on any atom is 0.321 e. The number of likely N-dealkylation sites (tertiary alicyclic amines) is 1. The lowest BCUT2D eigenvalue weighted by molar-refractivity contribution is -0.127. The standard InChI is InChI=1S/C19H26ClN3O2/c20-15-6-8-17(9-7-15)22-19(25)23-12-10-14(11-13-23)18(24)21-16-4-2-1-3-5-16/h6-9,14,16H,1-5,10-13H2,(H,21,24)(H,22,25). The predicted molar refractivity (Wildman–Crippen MR) is 99.8 cm³/mol. The number of piperidine rings is 1. The molecule has 0 aromatic heterocycles. The van der Waals surface area contributed by atoms with Crippen LogP contribution in [0.4, 0.5) is 10.5 Å². The number of hydrogen-bond donors (Lipinski definition) is 2. The van der Waals surface area contributed by atoms with Crippen LogP contribution in [0, 0.1) is 5.92 Å². The third kappa shape index (κ3) is 5.11. The van der Waals surface area contributed by atoms with Gasteiger partial charge < -0.3 is 15.5 Å². The minimum atomic E-state index is -0.117. The Morgan fingerprint density at radius 2 is 1.60 bits per heavy atom. The van der Waals surface area contributed by atoms with Gasteiger partial charge in [0.2, 0.25) is 5.91 Å². The zero-order valence-corrected chi connectivity index (χ0v) is 15.2. The van der Waals surface area contributed by atoms with E-state index in [-0.39, 0.29) is 17.9 Å². The molecule has 0 bridgehead atoms.